The number of nitrogens with zero attached hydrogens (tertiary/aromatic N) is 4. The van der Waals surface area contributed by atoms with Gasteiger partial charge in [0.2, 0.25) is 0 Å². The highest BCUT2D eigenvalue weighted by Crippen LogP contribution is 2.51. The molecule has 2 aliphatic rings. The number of benzene rings is 1. The number of nitrogens with one attached hydrogen (secondary N) is 3. The van der Waals surface area contributed by atoms with Gasteiger partial charge in [0, 0.05) is 43.0 Å². The van der Waals surface area contributed by atoms with E-state index >= 15 is 4.39 Å². The highest BCUT2D eigenvalue weighted by atomic mass is 35.5. The molecule has 3 aromatic rings. The Hall–Kier alpha value is -3.82. The molecule has 1 saturated heterocycles. The Labute approximate surface area is 225 Å². The second-order valence-electron chi connectivity index (χ2n) is 9.85. The van der Waals surface area contributed by atoms with Crippen LogP contribution in [0.25, 0.3) is 0 Å². The van der Waals surface area contributed by atoms with Crippen molar-refractivity contribution < 1.29 is 9.50 Å². The van der Waals surface area contributed by atoms with Crippen LogP contribution in [0.15, 0.2) is 54.9 Å². The molecule has 0 radical (unpaired) electrons. The number of aliphatic hydroxyl groups excluding tert-OH is 1. The topological polar surface area (TPSA) is 112 Å². The van der Waals surface area contributed by atoms with Crippen molar-refractivity contribution in [2.24, 2.45) is 0 Å². The number of aliphatic hydroxyl groups is 1. The normalized spacial score (nSPS) is 19.0. The number of amidine groups is 1. The molecular weight excluding hydrogens is 505 g/mol. The Bertz CT molecular complexity index is 1420. The predicted molar refractivity (Wildman–Crippen MR) is 149 cm³/mol. The predicted octanol–water partition coefficient (Wildman–Crippen LogP) is 4.81. The summed E-state index contributed by atoms with van der Waals surface area (Å²) in [4.78, 5) is 13.2. The summed E-state index contributed by atoms with van der Waals surface area (Å²) in [6.07, 6.45) is 7.72. The second kappa shape index (κ2) is 10.2. The molecule has 1 atom stereocenters. The maximum absolute atomic E-state index is 15.5. The number of halogens is 2. The molecule has 0 aliphatic carbocycles. The lowest BCUT2D eigenvalue weighted by Gasteiger charge is -2.41. The third-order valence-electron chi connectivity index (χ3n) is 7.35. The molecule has 0 saturated carbocycles. The average molecular weight is 534 g/mol. The molecule has 4 N–H and O–H groups in total. The van der Waals surface area contributed by atoms with Crippen LogP contribution in [0.5, 0.6) is 0 Å². The Balaban J connectivity index is 1.52. The van der Waals surface area contributed by atoms with E-state index in [-0.39, 0.29) is 17.7 Å². The molecule has 2 aromatic heterocycles. The molecule has 10 heteroatoms. The zero-order valence-electron chi connectivity index (χ0n) is 21.2. The lowest BCUT2D eigenvalue weighted by molar-refractivity contribution is 0.269. The summed E-state index contributed by atoms with van der Waals surface area (Å²) in [6.45, 7) is 5.64. The van der Waals surface area contributed by atoms with Crippen LogP contribution in [-0.4, -0.2) is 57.7 Å². The molecule has 0 spiro atoms. The van der Waals surface area contributed by atoms with E-state index in [2.05, 4.69) is 10.3 Å². The Morgan fingerprint density at radius 1 is 1.26 bits per heavy atom. The first-order valence-electron chi connectivity index (χ1n) is 12.3. The van der Waals surface area contributed by atoms with Crippen LogP contribution in [0.1, 0.15) is 29.2 Å². The zero-order valence-corrected chi connectivity index (χ0v) is 21.9. The van der Waals surface area contributed by atoms with Crippen molar-refractivity contribution in [1.82, 2.24) is 14.9 Å². The van der Waals surface area contributed by atoms with Gasteiger partial charge in [0.15, 0.2) is 0 Å². The quantitative estimate of drug-likeness (QED) is 0.256. The minimum Gasteiger partial charge on any atom is -0.392 e. The Morgan fingerprint density at radius 3 is 2.74 bits per heavy atom. The molecule has 8 nitrogen and oxygen atoms in total. The zero-order chi connectivity index (χ0) is 27.0. The molecule has 38 heavy (non-hydrogen) atoms. The van der Waals surface area contributed by atoms with Crippen LogP contribution in [0.3, 0.4) is 0 Å². The fraction of sp³-hybridized carbons (Fsp3) is 0.286. The van der Waals surface area contributed by atoms with Crippen molar-refractivity contribution in [3.63, 3.8) is 0 Å². The van der Waals surface area contributed by atoms with Gasteiger partial charge in [0.05, 0.1) is 29.6 Å². The summed E-state index contributed by atoms with van der Waals surface area (Å²) in [5.74, 6) is 1.33. The molecule has 0 unspecified atom stereocenters. The maximum Gasteiger partial charge on any atom is 0.145 e. The van der Waals surface area contributed by atoms with Gasteiger partial charge in [0.25, 0.3) is 0 Å². The van der Waals surface area contributed by atoms with Gasteiger partial charge in [-0.05, 0) is 54.8 Å². The van der Waals surface area contributed by atoms with Gasteiger partial charge in [-0.25, -0.2) is 14.4 Å². The van der Waals surface area contributed by atoms with Crippen molar-refractivity contribution in [3.8, 4) is 0 Å². The van der Waals surface area contributed by atoms with Crippen LogP contribution in [0.2, 0.25) is 5.02 Å². The van der Waals surface area contributed by atoms with E-state index in [9.17, 15) is 5.11 Å². The third-order valence-corrected chi connectivity index (χ3v) is 7.64. The largest absolute Gasteiger partial charge is 0.392 e. The number of rotatable bonds is 7. The summed E-state index contributed by atoms with van der Waals surface area (Å²) in [6, 6.07) is 8.87. The van der Waals surface area contributed by atoms with E-state index in [4.69, 9.17) is 27.4 Å². The van der Waals surface area contributed by atoms with Gasteiger partial charge in [-0.1, -0.05) is 29.8 Å². The van der Waals surface area contributed by atoms with Crippen molar-refractivity contribution in [1.29, 1.82) is 10.8 Å². The number of allylic oxidation sites excluding steroid dienone is 1. The number of hydrogen-bond donors (Lipinski definition) is 4. The molecule has 4 heterocycles. The van der Waals surface area contributed by atoms with Crippen molar-refractivity contribution in [2.45, 2.75) is 31.9 Å². The molecule has 0 amide bonds. The molecule has 5 rings (SSSR count). The van der Waals surface area contributed by atoms with Gasteiger partial charge in [-0.15, -0.1) is 0 Å². The van der Waals surface area contributed by atoms with Crippen LogP contribution in [-0.2, 0) is 12.0 Å². The van der Waals surface area contributed by atoms with Gasteiger partial charge in [0.1, 0.15) is 23.3 Å². The van der Waals surface area contributed by atoms with E-state index in [1.165, 1.54) is 6.08 Å². The van der Waals surface area contributed by atoms with Gasteiger partial charge in [-0.3, -0.25) is 5.41 Å². The van der Waals surface area contributed by atoms with E-state index in [1.54, 1.807) is 36.7 Å². The number of pyridine rings is 2. The molecule has 196 valence electrons. The monoisotopic (exact) mass is 533 g/mol. The number of anilines is 3. The van der Waals surface area contributed by atoms with Crippen molar-refractivity contribution in [3.05, 3.63) is 88.0 Å². The van der Waals surface area contributed by atoms with Crippen molar-refractivity contribution in [2.75, 3.05) is 29.9 Å². The Morgan fingerprint density at radius 2 is 2.05 bits per heavy atom. The van der Waals surface area contributed by atoms with E-state index in [0.717, 1.165) is 23.0 Å². The summed E-state index contributed by atoms with van der Waals surface area (Å²) in [5.41, 5.74) is 3.17. The van der Waals surface area contributed by atoms with E-state index in [0.29, 0.717) is 48.2 Å². The van der Waals surface area contributed by atoms with Gasteiger partial charge >= 0.3 is 0 Å². The highest BCUT2D eigenvalue weighted by Gasteiger charge is 2.45. The number of fused-ring (bicyclic) bond motifs is 1. The summed E-state index contributed by atoms with van der Waals surface area (Å²) >= 11 is 6.22. The highest BCUT2D eigenvalue weighted by molar-refractivity contribution is 6.30. The minimum absolute atomic E-state index is 0.0771. The van der Waals surface area contributed by atoms with Crippen LogP contribution < -0.4 is 10.2 Å². The maximum atomic E-state index is 15.5. The first kappa shape index (κ1) is 25.8. The number of likely N-dealkylation sites (tertiary alicyclic amines) is 1. The average Bonchev–Trinajstić information content (AvgIpc) is 3.21. The van der Waals surface area contributed by atoms with Gasteiger partial charge < -0.3 is 25.6 Å². The van der Waals surface area contributed by atoms with E-state index < -0.39 is 11.2 Å². The van der Waals surface area contributed by atoms with Crippen LogP contribution in [0, 0.1) is 23.6 Å². The summed E-state index contributed by atoms with van der Waals surface area (Å²) in [5, 5.41) is 28.2. The first-order valence-corrected chi connectivity index (χ1v) is 12.7. The molecular formula is C28H29ClFN7O. The second-order valence-corrected chi connectivity index (χ2v) is 10.3. The summed E-state index contributed by atoms with van der Waals surface area (Å²) < 4.78 is 15.5. The van der Waals surface area contributed by atoms with Crippen LogP contribution in [0.4, 0.5) is 21.7 Å². The fourth-order valence-corrected chi connectivity index (χ4v) is 5.53. The third kappa shape index (κ3) is 4.41. The standard InChI is InChI=1S/C28H29ClFN7O/c1-17-25-22(12-34-27(17)35-19-13-36(14-19)23(32)7-4-10-31)37(24-9-8-18(15-38)11-33-24)16-28(25,2)20-5-3-6-21(29)26(20)30/h3-12,19,31-32,38H,13-16H2,1-2H3,(H,34,35)/b7-4-,31-10?,32-23?/t28-/m1/s1. The number of aromatic nitrogens is 2. The lowest BCUT2D eigenvalue weighted by atomic mass is 9.76. The first-order chi connectivity index (χ1) is 18.3. The van der Waals surface area contributed by atoms with Crippen molar-refractivity contribution >= 4 is 41.0 Å². The molecule has 1 aromatic carbocycles. The molecule has 2 aliphatic heterocycles. The fourth-order valence-electron chi connectivity index (χ4n) is 5.35. The van der Waals surface area contributed by atoms with Crippen LogP contribution >= 0.6 is 11.6 Å². The Kier molecular flexibility index (Phi) is 6.90. The SMILES string of the molecule is Cc1c(NC2CN(C(=N)/C=C\C=N)C2)ncc2c1[C@@](C)(c1cccc(Cl)c1F)CN2c1ccc(CO)cn1. The van der Waals surface area contributed by atoms with E-state index in [1.807, 2.05) is 35.8 Å². The lowest BCUT2D eigenvalue weighted by Crippen LogP contribution is -2.56. The minimum atomic E-state index is -0.740. The summed E-state index contributed by atoms with van der Waals surface area (Å²) in [7, 11) is 0. The molecule has 1 fully saturated rings. The molecule has 0 bridgehead atoms. The van der Waals surface area contributed by atoms with Gasteiger partial charge in [-0.2, -0.15) is 0 Å². The smallest absolute Gasteiger partial charge is 0.145 e. The number of hydrogen-bond acceptors (Lipinski definition) is 7.